The fourth-order valence-electron chi connectivity index (χ4n) is 1.93. The molecule has 106 valence electrons. The maximum absolute atomic E-state index is 11.7. The fourth-order valence-corrected chi connectivity index (χ4v) is 1.93. The van der Waals surface area contributed by atoms with Crippen LogP contribution in [-0.4, -0.2) is 18.8 Å². The highest BCUT2D eigenvalue weighted by Gasteiger charge is 2.16. The summed E-state index contributed by atoms with van der Waals surface area (Å²) in [6.45, 7) is 5.49. The van der Waals surface area contributed by atoms with E-state index in [1.807, 2.05) is 57.2 Å². The molecule has 0 aliphatic heterocycles. The van der Waals surface area contributed by atoms with E-state index in [0.717, 1.165) is 16.5 Å². The Balaban J connectivity index is 2.22. The number of methoxy groups -OCH3 is 1. The average molecular weight is 273 g/mol. The van der Waals surface area contributed by atoms with Gasteiger partial charge in [0, 0.05) is 11.1 Å². The minimum atomic E-state index is -0.510. The molecule has 0 atom stereocenters. The van der Waals surface area contributed by atoms with Gasteiger partial charge in [-0.3, -0.25) is 5.32 Å². The number of nitrogens with one attached hydrogen (secondary N) is 1. The highest BCUT2D eigenvalue weighted by Crippen LogP contribution is 2.27. The summed E-state index contributed by atoms with van der Waals surface area (Å²) < 4.78 is 10.5. The van der Waals surface area contributed by atoms with Crippen LogP contribution in [0.3, 0.4) is 0 Å². The molecule has 20 heavy (non-hydrogen) atoms. The highest BCUT2D eigenvalue weighted by atomic mass is 16.6. The van der Waals surface area contributed by atoms with Crippen LogP contribution in [0.15, 0.2) is 36.4 Å². The van der Waals surface area contributed by atoms with E-state index in [2.05, 4.69) is 5.32 Å². The number of rotatable bonds is 2. The summed E-state index contributed by atoms with van der Waals surface area (Å²) in [6, 6.07) is 11.4. The second-order valence-electron chi connectivity index (χ2n) is 5.52. The SMILES string of the molecule is COc1cccc2cc(NC(=O)OC(C)(C)C)ccc12. The van der Waals surface area contributed by atoms with Crippen LogP contribution in [0.25, 0.3) is 10.8 Å². The molecule has 0 bridgehead atoms. The first-order valence-corrected chi connectivity index (χ1v) is 6.46. The molecule has 1 amide bonds. The lowest BCUT2D eigenvalue weighted by atomic mass is 10.1. The Morgan fingerprint density at radius 3 is 2.55 bits per heavy atom. The van der Waals surface area contributed by atoms with Crippen molar-refractivity contribution in [3.05, 3.63) is 36.4 Å². The normalized spacial score (nSPS) is 11.2. The van der Waals surface area contributed by atoms with Crippen LogP contribution in [0.4, 0.5) is 10.5 Å². The summed E-state index contributed by atoms with van der Waals surface area (Å²) in [6.07, 6.45) is -0.459. The van der Waals surface area contributed by atoms with Crippen molar-refractivity contribution in [2.45, 2.75) is 26.4 Å². The number of benzene rings is 2. The Kier molecular flexibility index (Phi) is 3.84. The maximum atomic E-state index is 11.7. The van der Waals surface area contributed by atoms with Crippen molar-refractivity contribution in [1.82, 2.24) is 0 Å². The van der Waals surface area contributed by atoms with Gasteiger partial charge >= 0.3 is 6.09 Å². The molecule has 1 N–H and O–H groups in total. The molecule has 0 aliphatic carbocycles. The lowest BCUT2D eigenvalue weighted by Crippen LogP contribution is -2.27. The molecule has 0 aromatic heterocycles. The topological polar surface area (TPSA) is 47.6 Å². The Morgan fingerprint density at radius 1 is 1.15 bits per heavy atom. The van der Waals surface area contributed by atoms with Crippen molar-refractivity contribution < 1.29 is 14.3 Å². The fraction of sp³-hybridized carbons (Fsp3) is 0.312. The minimum Gasteiger partial charge on any atom is -0.496 e. The van der Waals surface area contributed by atoms with Gasteiger partial charge in [0.1, 0.15) is 11.4 Å². The van der Waals surface area contributed by atoms with E-state index < -0.39 is 11.7 Å². The lowest BCUT2D eigenvalue weighted by Gasteiger charge is -2.19. The summed E-state index contributed by atoms with van der Waals surface area (Å²) >= 11 is 0. The maximum Gasteiger partial charge on any atom is 0.412 e. The first kappa shape index (κ1) is 14.2. The largest absolute Gasteiger partial charge is 0.496 e. The van der Waals surface area contributed by atoms with Gasteiger partial charge in [-0.1, -0.05) is 12.1 Å². The van der Waals surface area contributed by atoms with Gasteiger partial charge in [-0.2, -0.15) is 0 Å². The number of fused-ring (bicyclic) bond motifs is 1. The predicted octanol–water partition coefficient (Wildman–Crippen LogP) is 4.20. The number of hydrogen-bond donors (Lipinski definition) is 1. The van der Waals surface area contributed by atoms with Crippen LogP contribution in [-0.2, 0) is 4.74 Å². The average Bonchev–Trinajstić information content (AvgIpc) is 2.35. The monoisotopic (exact) mass is 273 g/mol. The number of amides is 1. The molecule has 0 aliphatic rings. The molecule has 0 unspecified atom stereocenters. The van der Waals surface area contributed by atoms with Gasteiger partial charge in [0.15, 0.2) is 0 Å². The number of ether oxygens (including phenoxy) is 2. The quantitative estimate of drug-likeness (QED) is 0.892. The summed E-state index contributed by atoms with van der Waals surface area (Å²) in [5.41, 5.74) is 0.185. The first-order chi connectivity index (χ1) is 9.39. The van der Waals surface area contributed by atoms with Crippen LogP contribution in [0.1, 0.15) is 20.8 Å². The first-order valence-electron chi connectivity index (χ1n) is 6.46. The molecule has 2 aromatic rings. The van der Waals surface area contributed by atoms with Crippen LogP contribution < -0.4 is 10.1 Å². The molecule has 2 aromatic carbocycles. The molecule has 2 rings (SSSR count). The number of hydrogen-bond acceptors (Lipinski definition) is 3. The van der Waals surface area contributed by atoms with Crippen molar-refractivity contribution >= 4 is 22.6 Å². The van der Waals surface area contributed by atoms with Crippen LogP contribution >= 0.6 is 0 Å². The standard InChI is InChI=1S/C16H19NO3/c1-16(2,3)20-15(18)17-12-8-9-13-11(10-12)6-5-7-14(13)19-4/h5-10H,1-4H3,(H,17,18). The second kappa shape index (κ2) is 5.41. The second-order valence-corrected chi connectivity index (χ2v) is 5.52. The van der Waals surface area contributed by atoms with Gasteiger partial charge in [-0.05, 0) is 50.4 Å². The molecule has 0 radical (unpaired) electrons. The van der Waals surface area contributed by atoms with Crippen LogP contribution in [0.5, 0.6) is 5.75 Å². The van der Waals surface area contributed by atoms with Crippen LogP contribution in [0.2, 0.25) is 0 Å². The molecule has 0 saturated carbocycles. The van der Waals surface area contributed by atoms with Gasteiger partial charge in [0.05, 0.1) is 7.11 Å². The van der Waals surface area contributed by atoms with Gasteiger partial charge in [0.25, 0.3) is 0 Å². The summed E-state index contributed by atoms with van der Waals surface area (Å²) in [5.74, 6) is 0.811. The molecular formula is C16H19NO3. The van der Waals surface area contributed by atoms with Gasteiger partial charge < -0.3 is 9.47 Å². The Morgan fingerprint density at radius 2 is 1.90 bits per heavy atom. The number of carbonyl (C=O) groups is 1. The third-order valence-electron chi connectivity index (χ3n) is 2.71. The summed E-state index contributed by atoms with van der Waals surface area (Å²) in [7, 11) is 1.64. The predicted molar refractivity (Wildman–Crippen MR) is 80.4 cm³/mol. The van der Waals surface area contributed by atoms with Crippen molar-refractivity contribution in [2.24, 2.45) is 0 Å². The van der Waals surface area contributed by atoms with E-state index in [1.165, 1.54) is 0 Å². The van der Waals surface area contributed by atoms with E-state index in [1.54, 1.807) is 7.11 Å². The van der Waals surface area contributed by atoms with Gasteiger partial charge in [-0.25, -0.2) is 4.79 Å². The lowest BCUT2D eigenvalue weighted by molar-refractivity contribution is 0.0636. The third kappa shape index (κ3) is 3.41. The van der Waals surface area contributed by atoms with Crippen molar-refractivity contribution in [2.75, 3.05) is 12.4 Å². The summed E-state index contributed by atoms with van der Waals surface area (Å²) in [5, 5.41) is 4.73. The van der Waals surface area contributed by atoms with Crippen molar-refractivity contribution in [1.29, 1.82) is 0 Å². The van der Waals surface area contributed by atoms with Crippen LogP contribution in [0, 0.1) is 0 Å². The molecule has 0 saturated heterocycles. The van der Waals surface area contributed by atoms with E-state index in [9.17, 15) is 4.79 Å². The highest BCUT2D eigenvalue weighted by molar-refractivity contribution is 5.94. The Labute approximate surface area is 118 Å². The van der Waals surface area contributed by atoms with Crippen molar-refractivity contribution in [3.8, 4) is 5.75 Å². The Hall–Kier alpha value is -2.23. The van der Waals surface area contributed by atoms with Gasteiger partial charge in [-0.15, -0.1) is 0 Å². The van der Waals surface area contributed by atoms with E-state index in [0.29, 0.717) is 5.69 Å². The third-order valence-corrected chi connectivity index (χ3v) is 2.71. The molecule has 4 nitrogen and oxygen atoms in total. The summed E-state index contributed by atoms with van der Waals surface area (Å²) in [4.78, 5) is 11.7. The van der Waals surface area contributed by atoms with E-state index in [4.69, 9.17) is 9.47 Å². The Bertz CT molecular complexity index is 629. The zero-order valence-electron chi connectivity index (χ0n) is 12.2. The zero-order valence-corrected chi connectivity index (χ0v) is 12.2. The molecule has 0 heterocycles. The molecule has 0 spiro atoms. The number of carbonyl (C=O) groups excluding carboxylic acids is 1. The molecular weight excluding hydrogens is 254 g/mol. The zero-order chi connectivity index (χ0) is 14.8. The molecule has 0 fully saturated rings. The minimum absolute atomic E-state index is 0.459. The number of anilines is 1. The smallest absolute Gasteiger partial charge is 0.412 e. The van der Waals surface area contributed by atoms with E-state index >= 15 is 0 Å². The molecule has 4 heteroatoms. The van der Waals surface area contributed by atoms with Gasteiger partial charge in [0.2, 0.25) is 0 Å². The van der Waals surface area contributed by atoms with E-state index in [-0.39, 0.29) is 0 Å². The van der Waals surface area contributed by atoms with Crippen molar-refractivity contribution in [3.63, 3.8) is 0 Å².